The molecule has 3 nitrogen and oxygen atoms in total. The summed E-state index contributed by atoms with van der Waals surface area (Å²) in [5, 5.41) is 11.5. The van der Waals surface area contributed by atoms with Crippen molar-refractivity contribution in [1.29, 1.82) is 0 Å². The minimum absolute atomic E-state index is 0.0312. The van der Waals surface area contributed by atoms with Gasteiger partial charge in [0, 0.05) is 23.6 Å². The second kappa shape index (κ2) is 7.35. The third-order valence-corrected chi connectivity index (χ3v) is 3.29. The molecule has 0 aliphatic heterocycles. The molecule has 1 aromatic rings. The molecule has 0 radical (unpaired) electrons. The number of aliphatic hydroxyl groups excluding tert-OH is 1. The molecule has 1 rings (SSSR count). The van der Waals surface area contributed by atoms with Gasteiger partial charge in [0.05, 0.1) is 0 Å². The van der Waals surface area contributed by atoms with E-state index in [9.17, 15) is 4.79 Å². The van der Waals surface area contributed by atoms with Crippen LogP contribution in [-0.2, 0) is 0 Å². The summed E-state index contributed by atoms with van der Waals surface area (Å²) in [6.45, 7) is 2.73. The van der Waals surface area contributed by atoms with E-state index in [0.29, 0.717) is 6.54 Å². The predicted octanol–water partition coefficient (Wildman–Crippen LogP) is 2.22. The van der Waals surface area contributed by atoms with Gasteiger partial charge in [-0.2, -0.15) is 0 Å². The Bertz CT molecular complexity index is 380. The van der Waals surface area contributed by atoms with E-state index < -0.39 is 0 Å². The molecule has 0 spiro atoms. The van der Waals surface area contributed by atoms with E-state index in [2.05, 4.69) is 5.32 Å². The summed E-state index contributed by atoms with van der Waals surface area (Å²) < 4.78 is 0. The summed E-state index contributed by atoms with van der Waals surface area (Å²) in [5.41, 5.74) is 1.73. The maximum absolute atomic E-state index is 11.9. The zero-order valence-electron chi connectivity index (χ0n) is 10.3. The van der Waals surface area contributed by atoms with Gasteiger partial charge in [-0.1, -0.05) is 6.07 Å². The highest BCUT2D eigenvalue weighted by atomic mass is 32.2. The average molecular weight is 253 g/mol. The summed E-state index contributed by atoms with van der Waals surface area (Å²) >= 11 is 1.63. The number of hydrogen-bond acceptors (Lipinski definition) is 3. The molecule has 0 heterocycles. The first-order valence-electron chi connectivity index (χ1n) is 5.72. The lowest BCUT2D eigenvalue weighted by molar-refractivity contribution is 0.0951. The van der Waals surface area contributed by atoms with Crippen molar-refractivity contribution in [3.05, 3.63) is 29.3 Å². The molecular formula is C13H19NO2S. The summed E-state index contributed by atoms with van der Waals surface area (Å²) in [5.74, 6) is -0.0312. The smallest absolute Gasteiger partial charge is 0.251 e. The van der Waals surface area contributed by atoms with E-state index in [1.54, 1.807) is 11.8 Å². The van der Waals surface area contributed by atoms with Crippen molar-refractivity contribution in [2.45, 2.75) is 24.7 Å². The van der Waals surface area contributed by atoms with Crippen LogP contribution in [0.3, 0.4) is 0 Å². The van der Waals surface area contributed by atoms with E-state index in [-0.39, 0.29) is 12.5 Å². The van der Waals surface area contributed by atoms with E-state index >= 15 is 0 Å². The van der Waals surface area contributed by atoms with Crippen LogP contribution in [0.1, 0.15) is 28.8 Å². The second-order valence-corrected chi connectivity index (χ2v) is 4.75. The Morgan fingerprint density at radius 2 is 2.18 bits per heavy atom. The molecule has 1 amide bonds. The first kappa shape index (κ1) is 14.1. The van der Waals surface area contributed by atoms with Crippen LogP contribution < -0.4 is 5.32 Å². The second-order valence-electron chi connectivity index (χ2n) is 3.87. The van der Waals surface area contributed by atoms with Gasteiger partial charge in [-0.05, 0) is 43.7 Å². The van der Waals surface area contributed by atoms with Gasteiger partial charge in [0.15, 0.2) is 0 Å². The predicted molar refractivity (Wildman–Crippen MR) is 71.6 cm³/mol. The van der Waals surface area contributed by atoms with Crippen LogP contribution >= 0.6 is 11.8 Å². The Morgan fingerprint density at radius 1 is 1.41 bits per heavy atom. The summed E-state index contributed by atoms with van der Waals surface area (Å²) in [6, 6.07) is 5.90. The summed E-state index contributed by atoms with van der Waals surface area (Å²) in [4.78, 5) is 13.0. The van der Waals surface area contributed by atoms with Crippen molar-refractivity contribution in [3.63, 3.8) is 0 Å². The molecule has 2 N–H and O–H groups in total. The molecule has 0 bridgehead atoms. The Morgan fingerprint density at radius 3 is 2.82 bits per heavy atom. The highest BCUT2D eigenvalue weighted by molar-refractivity contribution is 7.98. The lowest BCUT2D eigenvalue weighted by Crippen LogP contribution is -2.25. The molecule has 0 aliphatic carbocycles. The maximum atomic E-state index is 11.9. The van der Waals surface area contributed by atoms with Gasteiger partial charge < -0.3 is 10.4 Å². The monoisotopic (exact) mass is 253 g/mol. The van der Waals surface area contributed by atoms with E-state index in [1.165, 1.54) is 0 Å². The van der Waals surface area contributed by atoms with E-state index in [4.69, 9.17) is 5.11 Å². The van der Waals surface area contributed by atoms with Gasteiger partial charge in [-0.25, -0.2) is 0 Å². The largest absolute Gasteiger partial charge is 0.396 e. The number of carbonyl (C=O) groups is 1. The molecule has 94 valence electrons. The number of aliphatic hydroxyl groups is 1. The lowest BCUT2D eigenvalue weighted by Gasteiger charge is -2.08. The van der Waals surface area contributed by atoms with Gasteiger partial charge >= 0.3 is 0 Å². The highest BCUT2D eigenvalue weighted by Gasteiger charge is 2.08. The Kier molecular flexibility index (Phi) is 6.08. The quantitative estimate of drug-likeness (QED) is 0.604. The van der Waals surface area contributed by atoms with Crippen LogP contribution in [0.25, 0.3) is 0 Å². The Labute approximate surface area is 107 Å². The van der Waals surface area contributed by atoms with Gasteiger partial charge in [-0.15, -0.1) is 11.8 Å². The normalized spacial score (nSPS) is 10.3. The van der Waals surface area contributed by atoms with Crippen molar-refractivity contribution in [2.24, 2.45) is 0 Å². The van der Waals surface area contributed by atoms with Crippen LogP contribution in [0.2, 0.25) is 0 Å². The molecule has 0 aliphatic rings. The third-order valence-electron chi connectivity index (χ3n) is 2.56. The lowest BCUT2D eigenvalue weighted by atomic mass is 10.1. The average Bonchev–Trinajstić information content (AvgIpc) is 2.35. The molecule has 4 heteroatoms. The number of amides is 1. The fraction of sp³-hybridized carbons (Fsp3) is 0.462. The fourth-order valence-corrected chi connectivity index (χ4v) is 1.95. The third kappa shape index (κ3) is 4.40. The molecule has 0 unspecified atom stereocenters. The summed E-state index contributed by atoms with van der Waals surface area (Å²) in [7, 11) is 0. The minimum atomic E-state index is -0.0312. The standard InChI is InChI=1S/C13H19NO2S/c1-10-5-6-11(17-2)9-12(10)13(16)14-7-3-4-8-15/h5-6,9,15H,3-4,7-8H2,1-2H3,(H,14,16). The highest BCUT2D eigenvalue weighted by Crippen LogP contribution is 2.18. The topological polar surface area (TPSA) is 49.3 Å². The number of unbranched alkanes of at least 4 members (excludes halogenated alkanes) is 1. The number of benzene rings is 1. The number of hydrogen-bond donors (Lipinski definition) is 2. The Hall–Kier alpha value is -1.00. The van der Waals surface area contributed by atoms with Crippen molar-refractivity contribution >= 4 is 17.7 Å². The number of thioether (sulfide) groups is 1. The van der Waals surface area contributed by atoms with Crippen LogP contribution in [0.5, 0.6) is 0 Å². The van der Waals surface area contributed by atoms with Gasteiger partial charge in [0.25, 0.3) is 5.91 Å². The first-order chi connectivity index (χ1) is 8.19. The number of rotatable bonds is 6. The molecule has 0 aromatic heterocycles. The van der Waals surface area contributed by atoms with Crippen LogP contribution in [0.15, 0.2) is 23.1 Å². The van der Waals surface area contributed by atoms with Crippen molar-refractivity contribution in [3.8, 4) is 0 Å². The molecular weight excluding hydrogens is 234 g/mol. The molecule has 1 aromatic carbocycles. The number of nitrogens with one attached hydrogen (secondary N) is 1. The van der Waals surface area contributed by atoms with E-state index in [0.717, 1.165) is 28.9 Å². The van der Waals surface area contributed by atoms with Gasteiger partial charge in [0.2, 0.25) is 0 Å². The fourth-order valence-electron chi connectivity index (χ4n) is 1.51. The first-order valence-corrected chi connectivity index (χ1v) is 6.95. The number of carbonyl (C=O) groups excluding carboxylic acids is 1. The van der Waals surface area contributed by atoms with Crippen molar-refractivity contribution in [2.75, 3.05) is 19.4 Å². The van der Waals surface area contributed by atoms with Crippen molar-refractivity contribution in [1.82, 2.24) is 5.32 Å². The van der Waals surface area contributed by atoms with Crippen LogP contribution in [-0.4, -0.2) is 30.4 Å². The van der Waals surface area contributed by atoms with E-state index in [1.807, 2.05) is 31.4 Å². The number of aryl methyl sites for hydroxylation is 1. The zero-order valence-corrected chi connectivity index (χ0v) is 11.1. The zero-order chi connectivity index (χ0) is 12.7. The van der Waals surface area contributed by atoms with Gasteiger partial charge in [-0.3, -0.25) is 4.79 Å². The van der Waals surface area contributed by atoms with Crippen LogP contribution in [0.4, 0.5) is 0 Å². The molecule has 17 heavy (non-hydrogen) atoms. The molecule has 0 atom stereocenters. The van der Waals surface area contributed by atoms with Crippen molar-refractivity contribution < 1.29 is 9.90 Å². The summed E-state index contributed by atoms with van der Waals surface area (Å²) in [6.07, 6.45) is 3.53. The van der Waals surface area contributed by atoms with Crippen LogP contribution in [0, 0.1) is 6.92 Å². The molecule has 0 saturated heterocycles. The molecule has 0 fully saturated rings. The van der Waals surface area contributed by atoms with Gasteiger partial charge in [0.1, 0.15) is 0 Å². The SMILES string of the molecule is CSc1ccc(C)c(C(=O)NCCCCO)c1. The minimum Gasteiger partial charge on any atom is -0.396 e. The maximum Gasteiger partial charge on any atom is 0.251 e. The Balaban J connectivity index is 2.61. The molecule has 0 saturated carbocycles.